The summed E-state index contributed by atoms with van der Waals surface area (Å²) in [7, 11) is 0. The number of nitriles is 1. The van der Waals surface area contributed by atoms with E-state index in [1.54, 1.807) is 0 Å². The second kappa shape index (κ2) is 7.58. The summed E-state index contributed by atoms with van der Waals surface area (Å²) in [6.07, 6.45) is -2.77. The molecule has 0 aliphatic rings. The van der Waals surface area contributed by atoms with E-state index in [2.05, 4.69) is 15.1 Å². The second-order valence-corrected chi connectivity index (χ2v) is 6.30. The summed E-state index contributed by atoms with van der Waals surface area (Å²) < 4.78 is 44.2. The van der Waals surface area contributed by atoms with Crippen LogP contribution in [0.3, 0.4) is 0 Å². The Labute approximate surface area is 161 Å². The van der Waals surface area contributed by atoms with E-state index in [1.807, 2.05) is 6.07 Å². The van der Waals surface area contributed by atoms with Crippen LogP contribution in [0, 0.1) is 11.3 Å². The average Bonchev–Trinajstić information content (AvgIpc) is 2.92. The molecule has 0 aliphatic carbocycles. The molecule has 140 valence electrons. The van der Waals surface area contributed by atoms with Crippen LogP contribution in [0.4, 0.5) is 13.2 Å². The van der Waals surface area contributed by atoms with Crippen LogP contribution < -0.4 is 4.74 Å². The minimum absolute atomic E-state index is 0.0353. The van der Waals surface area contributed by atoms with Gasteiger partial charge in [-0.3, -0.25) is 4.68 Å². The largest absolute Gasteiger partial charge is 0.422 e. The fourth-order valence-electron chi connectivity index (χ4n) is 2.43. The molecule has 0 bridgehead atoms. The molecule has 27 heavy (non-hydrogen) atoms. The molecule has 0 unspecified atom stereocenters. The Hall–Kier alpha value is -2.57. The van der Waals surface area contributed by atoms with Crippen molar-refractivity contribution in [3.8, 4) is 17.8 Å². The van der Waals surface area contributed by atoms with Crippen molar-refractivity contribution in [2.75, 3.05) is 0 Å². The molecule has 0 spiro atoms. The predicted octanol–water partition coefficient (Wildman–Crippen LogP) is 5.14. The van der Waals surface area contributed by atoms with Crippen LogP contribution in [0.25, 0.3) is 10.9 Å². The van der Waals surface area contributed by atoms with Gasteiger partial charge in [-0.05, 0) is 12.5 Å². The molecule has 3 aromatic rings. The zero-order valence-corrected chi connectivity index (χ0v) is 15.0. The first-order valence-electron chi connectivity index (χ1n) is 7.59. The summed E-state index contributed by atoms with van der Waals surface area (Å²) in [6.45, 7) is -0.0353. The Bertz CT molecular complexity index is 1010. The Morgan fingerprint density at radius 2 is 1.89 bits per heavy atom. The van der Waals surface area contributed by atoms with Gasteiger partial charge in [0.15, 0.2) is 10.9 Å². The van der Waals surface area contributed by atoms with Crippen molar-refractivity contribution < 1.29 is 17.9 Å². The highest BCUT2D eigenvalue weighted by Gasteiger charge is 2.26. The molecule has 0 fully saturated rings. The van der Waals surface area contributed by atoms with Gasteiger partial charge >= 0.3 is 12.2 Å². The van der Waals surface area contributed by atoms with E-state index in [9.17, 15) is 18.4 Å². The van der Waals surface area contributed by atoms with Crippen molar-refractivity contribution in [3.63, 3.8) is 0 Å². The van der Waals surface area contributed by atoms with Gasteiger partial charge in [0.25, 0.3) is 0 Å². The van der Waals surface area contributed by atoms with Crippen LogP contribution in [-0.2, 0) is 6.54 Å². The van der Waals surface area contributed by atoms with Crippen LogP contribution in [0.5, 0.6) is 11.8 Å². The van der Waals surface area contributed by atoms with Crippen LogP contribution in [0.1, 0.15) is 18.4 Å². The van der Waals surface area contributed by atoms with Crippen molar-refractivity contribution in [2.45, 2.75) is 25.6 Å². The smallest absolute Gasteiger partial charge is 0.389 e. The lowest BCUT2D eigenvalue weighted by Gasteiger charge is -2.10. The van der Waals surface area contributed by atoms with E-state index in [4.69, 9.17) is 27.9 Å². The molecule has 0 aliphatic heterocycles. The summed E-state index contributed by atoms with van der Waals surface area (Å²) in [6, 6.07) is 4.82. The van der Waals surface area contributed by atoms with Gasteiger partial charge < -0.3 is 4.74 Å². The van der Waals surface area contributed by atoms with Crippen molar-refractivity contribution in [1.29, 1.82) is 5.26 Å². The number of hydrogen-bond donors (Lipinski definition) is 0. The van der Waals surface area contributed by atoms with E-state index in [-0.39, 0.29) is 35.4 Å². The lowest BCUT2D eigenvalue weighted by atomic mass is 10.1. The van der Waals surface area contributed by atoms with Gasteiger partial charge in [0.2, 0.25) is 0 Å². The van der Waals surface area contributed by atoms with Gasteiger partial charge in [0.05, 0.1) is 29.0 Å². The Morgan fingerprint density at radius 3 is 2.52 bits per heavy atom. The Morgan fingerprint density at radius 1 is 1.19 bits per heavy atom. The standard InChI is InChI=1S/C16H10Cl2F3N5O/c17-10-7-23-15(24-8-10)27-12-5-9(6-22)4-11-13(12)26(25-14(11)18)3-1-2-16(19,20)21/h4-5,7-8H,1-3H2. The molecule has 0 saturated carbocycles. The highest BCUT2D eigenvalue weighted by molar-refractivity contribution is 6.34. The third-order valence-electron chi connectivity index (χ3n) is 3.52. The number of ether oxygens (including phenoxy) is 1. The van der Waals surface area contributed by atoms with Crippen molar-refractivity contribution >= 4 is 34.1 Å². The first-order chi connectivity index (χ1) is 12.8. The molecular formula is C16H10Cl2F3N5O. The number of nitrogens with zero attached hydrogens (tertiary/aromatic N) is 5. The third-order valence-corrected chi connectivity index (χ3v) is 4.00. The summed E-state index contributed by atoms with van der Waals surface area (Å²) in [5.74, 6) is 0.151. The van der Waals surface area contributed by atoms with Gasteiger partial charge in [-0.1, -0.05) is 23.2 Å². The second-order valence-electron chi connectivity index (χ2n) is 5.50. The van der Waals surface area contributed by atoms with Crippen LogP contribution >= 0.6 is 23.2 Å². The van der Waals surface area contributed by atoms with E-state index in [0.29, 0.717) is 15.9 Å². The van der Waals surface area contributed by atoms with Crippen molar-refractivity contribution in [1.82, 2.24) is 19.7 Å². The molecular weight excluding hydrogens is 406 g/mol. The fourth-order valence-corrected chi connectivity index (χ4v) is 2.76. The minimum Gasteiger partial charge on any atom is -0.422 e. The van der Waals surface area contributed by atoms with E-state index in [1.165, 1.54) is 29.2 Å². The molecule has 1 aromatic carbocycles. The van der Waals surface area contributed by atoms with Gasteiger partial charge in [-0.25, -0.2) is 9.97 Å². The van der Waals surface area contributed by atoms with Gasteiger partial charge in [0.1, 0.15) is 5.52 Å². The van der Waals surface area contributed by atoms with Crippen LogP contribution in [0.15, 0.2) is 24.5 Å². The molecule has 3 rings (SSSR count). The topological polar surface area (TPSA) is 76.6 Å². The number of hydrogen-bond acceptors (Lipinski definition) is 5. The van der Waals surface area contributed by atoms with Crippen molar-refractivity contribution in [2.24, 2.45) is 0 Å². The molecule has 11 heteroatoms. The number of aromatic nitrogens is 4. The molecule has 2 heterocycles. The summed E-state index contributed by atoms with van der Waals surface area (Å²) in [5, 5.41) is 14.0. The SMILES string of the molecule is N#Cc1cc(Oc2ncc(Cl)cn2)c2c(c1)c(Cl)nn2CCCC(F)(F)F. The molecule has 0 saturated heterocycles. The number of alkyl halides is 3. The maximum atomic E-state index is 12.4. The maximum absolute atomic E-state index is 12.4. The zero-order chi connectivity index (χ0) is 19.6. The zero-order valence-electron chi connectivity index (χ0n) is 13.5. The quantitative estimate of drug-likeness (QED) is 0.576. The van der Waals surface area contributed by atoms with E-state index in [0.717, 1.165) is 0 Å². The van der Waals surface area contributed by atoms with E-state index >= 15 is 0 Å². The molecule has 6 nitrogen and oxygen atoms in total. The normalized spacial score (nSPS) is 11.6. The molecule has 0 N–H and O–H groups in total. The Kier molecular flexibility index (Phi) is 5.39. The first kappa shape index (κ1) is 19.2. The summed E-state index contributed by atoms with van der Waals surface area (Å²) in [5.41, 5.74) is 0.586. The van der Waals surface area contributed by atoms with Gasteiger partial charge in [0, 0.05) is 24.4 Å². The lowest BCUT2D eigenvalue weighted by Crippen LogP contribution is -2.10. The van der Waals surface area contributed by atoms with E-state index < -0.39 is 12.6 Å². The monoisotopic (exact) mass is 415 g/mol. The number of rotatable bonds is 5. The molecule has 0 amide bonds. The van der Waals surface area contributed by atoms with Gasteiger partial charge in [-0.2, -0.15) is 23.5 Å². The molecule has 0 atom stereocenters. The third kappa shape index (κ3) is 4.59. The fraction of sp³-hybridized carbons (Fsp3) is 0.250. The van der Waals surface area contributed by atoms with Crippen LogP contribution in [-0.4, -0.2) is 25.9 Å². The number of fused-ring (bicyclic) bond motifs is 1. The highest BCUT2D eigenvalue weighted by Crippen LogP contribution is 2.35. The number of aryl methyl sites for hydroxylation is 1. The Balaban J connectivity index is 2.01. The lowest BCUT2D eigenvalue weighted by molar-refractivity contribution is -0.135. The van der Waals surface area contributed by atoms with Gasteiger partial charge in [-0.15, -0.1) is 0 Å². The summed E-state index contributed by atoms with van der Waals surface area (Å²) >= 11 is 11.8. The molecule has 0 radical (unpaired) electrons. The average molecular weight is 416 g/mol. The van der Waals surface area contributed by atoms with Crippen molar-refractivity contribution in [3.05, 3.63) is 40.3 Å². The first-order valence-corrected chi connectivity index (χ1v) is 8.35. The minimum atomic E-state index is -4.27. The van der Waals surface area contributed by atoms with Crippen LogP contribution in [0.2, 0.25) is 10.2 Å². The maximum Gasteiger partial charge on any atom is 0.389 e. The molecule has 2 aromatic heterocycles. The number of halogens is 5. The highest BCUT2D eigenvalue weighted by atomic mass is 35.5. The predicted molar refractivity (Wildman–Crippen MR) is 91.9 cm³/mol. The summed E-state index contributed by atoms with van der Waals surface area (Å²) in [4.78, 5) is 7.81. The number of benzene rings is 1.